The third-order valence-electron chi connectivity index (χ3n) is 4.65. The third-order valence-corrected chi connectivity index (χ3v) is 4.65. The average molecular weight is 358 g/mol. The highest BCUT2D eigenvalue weighted by Crippen LogP contribution is 2.35. The van der Waals surface area contributed by atoms with E-state index in [-0.39, 0.29) is 23.4 Å². The van der Waals surface area contributed by atoms with Crippen molar-refractivity contribution in [3.8, 4) is 11.5 Å². The Morgan fingerprint density at radius 2 is 2.12 bits per heavy atom. The number of nitro groups is 1. The van der Waals surface area contributed by atoms with E-state index in [0.29, 0.717) is 24.5 Å². The maximum atomic E-state index is 11.3. The summed E-state index contributed by atoms with van der Waals surface area (Å²) >= 11 is 0. The van der Waals surface area contributed by atoms with Crippen molar-refractivity contribution >= 4 is 5.69 Å². The van der Waals surface area contributed by atoms with Crippen LogP contribution in [0.3, 0.4) is 0 Å². The van der Waals surface area contributed by atoms with E-state index in [1.807, 2.05) is 31.3 Å². The van der Waals surface area contributed by atoms with Crippen molar-refractivity contribution in [2.45, 2.75) is 26.1 Å². The lowest BCUT2D eigenvalue weighted by Gasteiger charge is -2.28. The van der Waals surface area contributed by atoms with E-state index >= 15 is 0 Å². The molecule has 1 heterocycles. The first-order valence-corrected chi connectivity index (χ1v) is 8.35. The van der Waals surface area contributed by atoms with Crippen LogP contribution < -0.4 is 9.47 Å². The summed E-state index contributed by atoms with van der Waals surface area (Å²) in [6, 6.07) is 11.0. The number of nitro benzene ring substituents is 1. The van der Waals surface area contributed by atoms with Crippen LogP contribution in [0, 0.1) is 10.1 Å². The van der Waals surface area contributed by atoms with Gasteiger partial charge in [-0.2, -0.15) is 0 Å². The van der Waals surface area contributed by atoms with Crippen LogP contribution in [0.15, 0.2) is 36.4 Å². The first-order chi connectivity index (χ1) is 12.5. The summed E-state index contributed by atoms with van der Waals surface area (Å²) in [6.45, 7) is 3.05. The molecular formula is C19H22N2O5. The quantitative estimate of drug-likeness (QED) is 0.579. The molecule has 0 aromatic heterocycles. The number of hydrogen-bond donors (Lipinski definition) is 0. The maximum Gasteiger partial charge on any atom is 0.270 e. The molecule has 1 unspecified atom stereocenters. The normalized spacial score (nSPS) is 14.5. The first kappa shape index (κ1) is 18.2. The van der Waals surface area contributed by atoms with Crippen LogP contribution in [0.2, 0.25) is 0 Å². The molecule has 7 nitrogen and oxygen atoms in total. The molecule has 0 saturated carbocycles. The summed E-state index contributed by atoms with van der Waals surface area (Å²) in [4.78, 5) is 13.0. The van der Waals surface area contributed by atoms with E-state index in [0.717, 1.165) is 16.9 Å². The first-order valence-electron chi connectivity index (χ1n) is 8.35. The molecule has 0 aliphatic carbocycles. The lowest BCUT2D eigenvalue weighted by Crippen LogP contribution is -2.24. The molecule has 26 heavy (non-hydrogen) atoms. The molecule has 1 atom stereocenters. The van der Waals surface area contributed by atoms with E-state index in [1.54, 1.807) is 13.2 Å². The number of benzene rings is 2. The van der Waals surface area contributed by atoms with Crippen molar-refractivity contribution in [1.29, 1.82) is 0 Å². The van der Waals surface area contributed by atoms with E-state index in [1.165, 1.54) is 6.07 Å². The molecule has 138 valence electrons. The Hall–Kier alpha value is -2.64. The zero-order chi connectivity index (χ0) is 18.7. The number of methoxy groups -OCH3 is 1. The number of nitrogens with zero attached hydrogens (tertiary/aromatic N) is 2. The molecule has 0 saturated heterocycles. The standard InChI is InChI=1S/C19H22N2O5/c1-13(17-6-4-5-7-18(17)24-3)20(2)10-14-8-16(21(22)23)9-15-11-25-12-26-19(14)15/h4-9,13H,10-12H2,1-3H3. The van der Waals surface area contributed by atoms with Crippen molar-refractivity contribution in [2.24, 2.45) is 0 Å². The minimum Gasteiger partial charge on any atom is -0.496 e. The van der Waals surface area contributed by atoms with Gasteiger partial charge in [0.1, 0.15) is 11.5 Å². The van der Waals surface area contributed by atoms with Gasteiger partial charge in [0.2, 0.25) is 0 Å². The third kappa shape index (κ3) is 3.63. The minimum atomic E-state index is -0.387. The maximum absolute atomic E-state index is 11.3. The zero-order valence-corrected chi connectivity index (χ0v) is 15.1. The van der Waals surface area contributed by atoms with Gasteiger partial charge < -0.3 is 14.2 Å². The Bertz CT molecular complexity index is 809. The molecule has 0 spiro atoms. The van der Waals surface area contributed by atoms with Crippen LogP contribution in [-0.4, -0.2) is 30.8 Å². The monoisotopic (exact) mass is 358 g/mol. The molecule has 1 aliphatic heterocycles. The van der Waals surface area contributed by atoms with Gasteiger partial charge >= 0.3 is 0 Å². The SMILES string of the molecule is COc1ccccc1C(C)N(C)Cc1cc([N+](=O)[O-])cc2c1OCOC2. The highest BCUT2D eigenvalue weighted by Gasteiger charge is 2.23. The summed E-state index contributed by atoms with van der Waals surface area (Å²) in [5.41, 5.74) is 2.59. The number of hydrogen-bond acceptors (Lipinski definition) is 6. The zero-order valence-electron chi connectivity index (χ0n) is 15.1. The van der Waals surface area contributed by atoms with Crippen LogP contribution in [0.1, 0.15) is 29.7 Å². The second-order valence-electron chi connectivity index (χ2n) is 6.29. The lowest BCUT2D eigenvalue weighted by molar-refractivity contribution is -0.385. The Morgan fingerprint density at radius 1 is 1.35 bits per heavy atom. The van der Waals surface area contributed by atoms with E-state index in [9.17, 15) is 10.1 Å². The lowest BCUT2D eigenvalue weighted by atomic mass is 10.0. The molecule has 0 fully saturated rings. The largest absolute Gasteiger partial charge is 0.496 e. The second kappa shape index (κ2) is 7.72. The van der Waals surface area contributed by atoms with Gasteiger partial charge in [0.05, 0.1) is 18.6 Å². The Labute approximate surface area is 152 Å². The second-order valence-corrected chi connectivity index (χ2v) is 6.29. The van der Waals surface area contributed by atoms with Gasteiger partial charge in [-0.25, -0.2) is 0 Å². The van der Waals surface area contributed by atoms with Crippen LogP contribution in [0.4, 0.5) is 5.69 Å². The van der Waals surface area contributed by atoms with Crippen LogP contribution in [-0.2, 0) is 17.9 Å². The van der Waals surface area contributed by atoms with Gasteiger partial charge in [-0.05, 0) is 20.0 Å². The van der Waals surface area contributed by atoms with Gasteiger partial charge in [0.15, 0.2) is 6.79 Å². The molecule has 0 amide bonds. The smallest absolute Gasteiger partial charge is 0.270 e. The van der Waals surface area contributed by atoms with E-state index in [4.69, 9.17) is 14.2 Å². The van der Waals surface area contributed by atoms with Crippen molar-refractivity contribution in [3.05, 3.63) is 63.2 Å². The predicted octanol–water partition coefficient (Wildman–Crippen LogP) is 3.66. The molecule has 0 bridgehead atoms. The molecule has 0 N–H and O–H groups in total. The van der Waals surface area contributed by atoms with Crippen LogP contribution in [0.5, 0.6) is 11.5 Å². The number of para-hydroxylation sites is 1. The molecule has 1 aliphatic rings. The molecule has 2 aromatic rings. The van der Waals surface area contributed by atoms with Crippen molar-refractivity contribution in [2.75, 3.05) is 21.0 Å². The van der Waals surface area contributed by atoms with Crippen molar-refractivity contribution in [1.82, 2.24) is 4.90 Å². The molecular weight excluding hydrogens is 336 g/mol. The minimum absolute atomic E-state index is 0.0474. The van der Waals surface area contributed by atoms with Gasteiger partial charge in [-0.15, -0.1) is 0 Å². The van der Waals surface area contributed by atoms with Crippen LogP contribution >= 0.6 is 0 Å². The van der Waals surface area contributed by atoms with Gasteiger partial charge in [-0.3, -0.25) is 15.0 Å². The van der Waals surface area contributed by atoms with Gasteiger partial charge in [-0.1, -0.05) is 18.2 Å². The van der Waals surface area contributed by atoms with Crippen LogP contribution in [0.25, 0.3) is 0 Å². The fourth-order valence-electron chi connectivity index (χ4n) is 3.16. The number of rotatable bonds is 6. The Balaban J connectivity index is 1.90. The van der Waals surface area contributed by atoms with Crippen molar-refractivity contribution < 1.29 is 19.1 Å². The summed E-state index contributed by atoms with van der Waals surface area (Å²) < 4.78 is 16.3. The van der Waals surface area contributed by atoms with E-state index in [2.05, 4.69) is 11.8 Å². The molecule has 7 heteroatoms. The molecule has 0 radical (unpaired) electrons. The molecule has 2 aromatic carbocycles. The summed E-state index contributed by atoms with van der Waals surface area (Å²) in [5, 5.41) is 11.3. The number of fused-ring (bicyclic) bond motifs is 1. The highest BCUT2D eigenvalue weighted by molar-refractivity contribution is 5.50. The Morgan fingerprint density at radius 3 is 2.85 bits per heavy atom. The number of ether oxygens (including phenoxy) is 3. The van der Waals surface area contributed by atoms with E-state index < -0.39 is 0 Å². The predicted molar refractivity (Wildman–Crippen MR) is 96.3 cm³/mol. The summed E-state index contributed by atoms with van der Waals surface area (Å²) in [7, 11) is 3.62. The highest BCUT2D eigenvalue weighted by atomic mass is 16.7. The topological polar surface area (TPSA) is 74.1 Å². The average Bonchev–Trinajstić information content (AvgIpc) is 2.67. The van der Waals surface area contributed by atoms with Gasteiger partial charge in [0, 0.05) is 41.4 Å². The fourth-order valence-corrected chi connectivity index (χ4v) is 3.16. The van der Waals surface area contributed by atoms with Gasteiger partial charge in [0.25, 0.3) is 5.69 Å². The summed E-state index contributed by atoms with van der Waals surface area (Å²) in [6.07, 6.45) is 0. The molecule has 3 rings (SSSR count). The summed E-state index contributed by atoms with van der Waals surface area (Å²) in [5.74, 6) is 1.50. The number of non-ortho nitro benzene ring substituents is 1. The fraction of sp³-hybridized carbons (Fsp3) is 0.368. The Kier molecular flexibility index (Phi) is 5.39. The van der Waals surface area contributed by atoms with Crippen molar-refractivity contribution in [3.63, 3.8) is 0 Å².